The van der Waals surface area contributed by atoms with Gasteiger partial charge in [0, 0.05) is 17.3 Å². The third-order valence-corrected chi connectivity index (χ3v) is 8.74. The van der Waals surface area contributed by atoms with Crippen LogP contribution in [0.3, 0.4) is 0 Å². The molecule has 33 heavy (non-hydrogen) atoms. The molecule has 2 aliphatic rings. The molecule has 1 unspecified atom stereocenters. The number of hydrogen-bond acceptors (Lipinski definition) is 4. The fourth-order valence-corrected chi connectivity index (χ4v) is 5.12. The first-order chi connectivity index (χ1) is 15.8. The molecule has 0 radical (unpaired) electrons. The van der Waals surface area contributed by atoms with E-state index in [0.29, 0.717) is 12.0 Å². The van der Waals surface area contributed by atoms with Crippen LogP contribution in [0.4, 0.5) is 0 Å². The van der Waals surface area contributed by atoms with Crippen molar-refractivity contribution in [1.29, 1.82) is 0 Å². The van der Waals surface area contributed by atoms with Crippen molar-refractivity contribution < 1.29 is 18.9 Å². The monoisotopic (exact) mass is 460 g/mol. The van der Waals surface area contributed by atoms with Gasteiger partial charge in [0.05, 0.1) is 50.8 Å². The Labute approximate surface area is 202 Å². The third kappa shape index (κ3) is 6.39. The molecule has 188 valence electrons. The molecule has 2 saturated heterocycles. The van der Waals surface area contributed by atoms with Crippen molar-refractivity contribution in [2.75, 3.05) is 33.0 Å². The Morgan fingerprint density at radius 3 is 1.73 bits per heavy atom. The van der Waals surface area contributed by atoms with Gasteiger partial charge in [-0.1, -0.05) is 58.9 Å². The molecule has 0 saturated carbocycles. The molecule has 1 aromatic rings. The second-order valence-corrected chi connectivity index (χ2v) is 11.1. The Kier molecular flexibility index (Phi) is 9.05. The lowest BCUT2D eigenvalue weighted by Gasteiger charge is -2.46. The Morgan fingerprint density at radius 1 is 0.758 bits per heavy atom. The Morgan fingerprint density at radius 2 is 1.30 bits per heavy atom. The highest BCUT2D eigenvalue weighted by Gasteiger charge is 2.43. The van der Waals surface area contributed by atoms with Gasteiger partial charge in [-0.25, -0.2) is 0 Å². The number of benzene rings is 1. The number of rotatable bonds is 15. The zero-order valence-electron chi connectivity index (χ0n) is 22.1. The van der Waals surface area contributed by atoms with E-state index in [1.165, 1.54) is 11.1 Å². The van der Waals surface area contributed by atoms with Gasteiger partial charge in [0.15, 0.2) is 0 Å². The van der Waals surface area contributed by atoms with E-state index in [-0.39, 0.29) is 16.6 Å². The minimum absolute atomic E-state index is 0.101. The Hall–Kier alpha value is -0.940. The Bertz CT molecular complexity index is 705. The molecule has 0 amide bonds. The average molecular weight is 461 g/mol. The molecule has 2 heterocycles. The minimum Gasteiger partial charge on any atom is -0.380 e. The van der Waals surface area contributed by atoms with E-state index in [9.17, 15) is 0 Å². The first kappa shape index (κ1) is 26.7. The van der Waals surface area contributed by atoms with Crippen LogP contribution in [0.15, 0.2) is 24.3 Å². The smallest absolute Gasteiger partial charge is 0.0724 e. The maximum Gasteiger partial charge on any atom is 0.0724 e. The van der Waals surface area contributed by atoms with Gasteiger partial charge in [-0.05, 0) is 56.6 Å². The summed E-state index contributed by atoms with van der Waals surface area (Å²) in [6, 6.07) is 9.00. The summed E-state index contributed by atoms with van der Waals surface area (Å²) >= 11 is 0. The molecule has 0 aliphatic carbocycles. The molecule has 1 atom stereocenters. The van der Waals surface area contributed by atoms with Crippen molar-refractivity contribution in [2.24, 2.45) is 10.8 Å². The standard InChI is InChI=1S/C29H48O4/c1-7-26(6,18-27(8-2)19-30-20-27)32-17-25-14-12-24(13-15-25)16-29(10-4,11-5)33-23-28(9-3)21-31-22-28/h12-15H,7-11,16-23H2,1-6H3. The van der Waals surface area contributed by atoms with Crippen molar-refractivity contribution in [2.45, 2.75) is 104 Å². The van der Waals surface area contributed by atoms with E-state index in [4.69, 9.17) is 18.9 Å². The predicted octanol–water partition coefficient (Wildman–Crippen LogP) is 6.73. The molecule has 4 heteroatoms. The van der Waals surface area contributed by atoms with E-state index in [1.54, 1.807) is 0 Å². The van der Waals surface area contributed by atoms with Gasteiger partial charge in [-0.3, -0.25) is 0 Å². The fourth-order valence-electron chi connectivity index (χ4n) is 5.12. The highest BCUT2D eigenvalue weighted by atomic mass is 16.5. The van der Waals surface area contributed by atoms with Gasteiger partial charge in [-0.15, -0.1) is 0 Å². The van der Waals surface area contributed by atoms with Crippen LogP contribution in [0.5, 0.6) is 0 Å². The van der Waals surface area contributed by atoms with Crippen LogP contribution < -0.4 is 0 Å². The van der Waals surface area contributed by atoms with Crippen molar-refractivity contribution in [3.8, 4) is 0 Å². The second kappa shape index (κ2) is 11.2. The number of hydrogen-bond donors (Lipinski definition) is 0. The quantitative estimate of drug-likeness (QED) is 0.291. The van der Waals surface area contributed by atoms with Crippen LogP contribution >= 0.6 is 0 Å². The molecule has 0 N–H and O–H groups in total. The van der Waals surface area contributed by atoms with Crippen LogP contribution in [0.1, 0.15) is 91.2 Å². The molecule has 1 aromatic carbocycles. The van der Waals surface area contributed by atoms with Crippen LogP contribution in [0, 0.1) is 10.8 Å². The SMILES string of the molecule is CCC1(COC(CC)(CC)Cc2ccc(COC(C)(CC)CC3(CC)COC3)cc2)COC1. The lowest BCUT2D eigenvalue weighted by molar-refractivity contribution is -0.182. The maximum absolute atomic E-state index is 6.63. The molecule has 0 spiro atoms. The van der Waals surface area contributed by atoms with Gasteiger partial charge in [0.25, 0.3) is 0 Å². The largest absolute Gasteiger partial charge is 0.380 e. The van der Waals surface area contributed by atoms with Crippen LogP contribution in [-0.2, 0) is 32.0 Å². The van der Waals surface area contributed by atoms with E-state index >= 15 is 0 Å². The lowest BCUT2D eigenvalue weighted by atomic mass is 9.73. The zero-order chi connectivity index (χ0) is 24.0. The van der Waals surface area contributed by atoms with Crippen LogP contribution in [-0.4, -0.2) is 44.2 Å². The van der Waals surface area contributed by atoms with Crippen LogP contribution in [0.2, 0.25) is 0 Å². The Balaban J connectivity index is 1.56. The number of ether oxygens (including phenoxy) is 4. The molecular weight excluding hydrogens is 412 g/mol. The summed E-state index contributed by atoms with van der Waals surface area (Å²) in [6.07, 6.45) is 7.36. The van der Waals surface area contributed by atoms with E-state index in [2.05, 4.69) is 65.8 Å². The summed E-state index contributed by atoms with van der Waals surface area (Å²) < 4.78 is 24.1. The van der Waals surface area contributed by atoms with Gasteiger partial charge in [0.2, 0.25) is 0 Å². The summed E-state index contributed by atoms with van der Waals surface area (Å²) in [5.41, 5.74) is 2.91. The average Bonchev–Trinajstić information content (AvgIpc) is 2.80. The normalized spacial score (nSPS) is 21.2. The molecule has 2 aliphatic heterocycles. The maximum atomic E-state index is 6.63. The highest BCUT2D eigenvalue weighted by Crippen LogP contribution is 2.42. The first-order valence-electron chi connectivity index (χ1n) is 13.3. The fraction of sp³-hybridized carbons (Fsp3) is 0.793. The second-order valence-electron chi connectivity index (χ2n) is 11.1. The topological polar surface area (TPSA) is 36.9 Å². The van der Waals surface area contributed by atoms with Crippen molar-refractivity contribution in [3.05, 3.63) is 35.4 Å². The molecule has 4 nitrogen and oxygen atoms in total. The minimum atomic E-state index is -0.105. The summed E-state index contributed by atoms with van der Waals surface area (Å²) in [4.78, 5) is 0. The zero-order valence-corrected chi connectivity index (χ0v) is 22.1. The molecule has 2 fully saturated rings. The molecular formula is C29H48O4. The first-order valence-corrected chi connectivity index (χ1v) is 13.3. The predicted molar refractivity (Wildman–Crippen MR) is 135 cm³/mol. The van der Waals surface area contributed by atoms with Gasteiger partial charge in [-0.2, -0.15) is 0 Å². The van der Waals surface area contributed by atoms with Gasteiger partial charge in [0.1, 0.15) is 0 Å². The molecule has 0 bridgehead atoms. The van der Waals surface area contributed by atoms with E-state index in [1.807, 2.05) is 0 Å². The summed E-state index contributed by atoms with van der Waals surface area (Å²) in [5, 5.41) is 0. The summed E-state index contributed by atoms with van der Waals surface area (Å²) in [5.74, 6) is 0. The van der Waals surface area contributed by atoms with Crippen LogP contribution in [0.25, 0.3) is 0 Å². The van der Waals surface area contributed by atoms with E-state index in [0.717, 1.165) is 78.0 Å². The lowest BCUT2D eigenvalue weighted by Crippen LogP contribution is -2.48. The van der Waals surface area contributed by atoms with Crippen molar-refractivity contribution >= 4 is 0 Å². The summed E-state index contributed by atoms with van der Waals surface area (Å²) in [6.45, 7) is 18.4. The van der Waals surface area contributed by atoms with Crippen molar-refractivity contribution in [1.82, 2.24) is 0 Å². The molecule has 0 aromatic heterocycles. The highest BCUT2D eigenvalue weighted by molar-refractivity contribution is 5.23. The van der Waals surface area contributed by atoms with Crippen molar-refractivity contribution in [3.63, 3.8) is 0 Å². The molecule has 3 rings (SSSR count). The van der Waals surface area contributed by atoms with Gasteiger partial charge >= 0.3 is 0 Å². The third-order valence-electron chi connectivity index (χ3n) is 8.74. The summed E-state index contributed by atoms with van der Waals surface area (Å²) in [7, 11) is 0. The van der Waals surface area contributed by atoms with Gasteiger partial charge < -0.3 is 18.9 Å². The van der Waals surface area contributed by atoms with E-state index < -0.39 is 0 Å².